The summed E-state index contributed by atoms with van der Waals surface area (Å²) in [5.41, 5.74) is 0.400. The minimum atomic E-state index is -0.394. The van der Waals surface area contributed by atoms with Crippen LogP contribution in [0.15, 0.2) is 59.4 Å². The van der Waals surface area contributed by atoms with E-state index in [-0.39, 0.29) is 12.0 Å². The zero-order chi connectivity index (χ0) is 17.8. The second-order valence-corrected chi connectivity index (χ2v) is 6.73. The molecule has 5 heteroatoms. The molecule has 0 atom stereocenters. The van der Waals surface area contributed by atoms with Crippen LogP contribution in [0.1, 0.15) is 13.3 Å². The molecule has 0 aliphatic carbocycles. The van der Waals surface area contributed by atoms with E-state index in [0.29, 0.717) is 29.7 Å². The van der Waals surface area contributed by atoms with E-state index in [4.69, 9.17) is 9.47 Å². The van der Waals surface area contributed by atoms with Gasteiger partial charge in [0.1, 0.15) is 5.75 Å². The Bertz CT molecular complexity index is 1000. The third kappa shape index (κ3) is 3.72. The number of hydrogen-bond donors (Lipinski definition) is 0. The summed E-state index contributed by atoms with van der Waals surface area (Å²) in [6.45, 7) is 5.82. The van der Waals surface area contributed by atoms with Crippen molar-refractivity contribution in [2.24, 2.45) is 0 Å². The zero-order valence-corrected chi connectivity index (χ0v) is 14.7. The van der Waals surface area contributed by atoms with Crippen LogP contribution in [0, 0.1) is 0 Å². The van der Waals surface area contributed by atoms with E-state index in [1.807, 2.05) is 42.5 Å². The van der Waals surface area contributed by atoms with Gasteiger partial charge in [-0.2, -0.15) is 0 Å². The maximum Gasteiger partial charge on any atom is 0.333 e. The maximum absolute atomic E-state index is 12.6. The molecular formula is C20H18O4S. The van der Waals surface area contributed by atoms with Crippen molar-refractivity contribution in [2.75, 3.05) is 13.2 Å². The fourth-order valence-electron chi connectivity index (χ4n) is 2.44. The van der Waals surface area contributed by atoms with E-state index in [0.717, 1.165) is 14.8 Å². The highest BCUT2D eigenvalue weighted by molar-refractivity contribution is 7.24. The molecule has 0 saturated heterocycles. The first-order valence-electron chi connectivity index (χ1n) is 7.98. The lowest BCUT2D eigenvalue weighted by atomic mass is 10.2. The Balaban J connectivity index is 1.77. The first-order chi connectivity index (χ1) is 12.1. The van der Waals surface area contributed by atoms with Gasteiger partial charge in [0.2, 0.25) is 0 Å². The Kier molecular flexibility index (Phi) is 5.14. The molecule has 0 unspecified atom stereocenters. The van der Waals surface area contributed by atoms with E-state index >= 15 is 0 Å². The Labute approximate surface area is 149 Å². The SMILES string of the molecule is C=C(C)C(=O)OCCCOc1cccc2c(=O)c3ccccc3sc12. The Hall–Kier alpha value is -2.66. The standard InChI is InChI=1S/C20H18O4S/c1-13(2)20(22)24-12-6-11-23-16-9-5-8-15-18(21)14-7-3-4-10-17(14)25-19(15)16/h3-5,7-10H,1,6,11-12H2,2H3. The summed E-state index contributed by atoms with van der Waals surface area (Å²) in [6.07, 6.45) is 0.567. The van der Waals surface area contributed by atoms with Gasteiger partial charge in [0, 0.05) is 27.5 Å². The topological polar surface area (TPSA) is 52.6 Å². The lowest BCUT2D eigenvalue weighted by Gasteiger charge is -2.10. The van der Waals surface area contributed by atoms with Crippen molar-refractivity contribution >= 4 is 37.5 Å². The van der Waals surface area contributed by atoms with Gasteiger partial charge in [0.15, 0.2) is 5.43 Å². The third-order valence-corrected chi connectivity index (χ3v) is 4.90. The smallest absolute Gasteiger partial charge is 0.333 e. The third-order valence-electron chi connectivity index (χ3n) is 3.70. The molecule has 0 aliphatic rings. The van der Waals surface area contributed by atoms with Crippen LogP contribution >= 0.6 is 11.3 Å². The Morgan fingerprint density at radius 1 is 1.08 bits per heavy atom. The molecule has 0 fully saturated rings. The minimum absolute atomic E-state index is 0.0187. The van der Waals surface area contributed by atoms with Crippen LogP contribution in [0.2, 0.25) is 0 Å². The molecule has 0 spiro atoms. The Morgan fingerprint density at radius 2 is 1.84 bits per heavy atom. The summed E-state index contributed by atoms with van der Waals surface area (Å²) < 4.78 is 12.6. The fraction of sp³-hybridized carbons (Fsp3) is 0.200. The monoisotopic (exact) mass is 354 g/mol. The molecule has 0 aliphatic heterocycles. The van der Waals surface area contributed by atoms with Gasteiger partial charge in [-0.1, -0.05) is 24.8 Å². The van der Waals surface area contributed by atoms with Crippen LogP contribution in [0.4, 0.5) is 0 Å². The average molecular weight is 354 g/mol. The molecule has 1 heterocycles. The van der Waals surface area contributed by atoms with Crippen molar-refractivity contribution in [1.29, 1.82) is 0 Å². The highest BCUT2D eigenvalue weighted by Crippen LogP contribution is 2.31. The minimum Gasteiger partial charge on any atom is -0.492 e. The fourth-order valence-corrected chi connectivity index (χ4v) is 3.58. The predicted octanol–water partition coefficient (Wildman–Crippen LogP) is 4.30. The molecule has 3 rings (SSSR count). The van der Waals surface area contributed by atoms with Crippen LogP contribution in [-0.4, -0.2) is 19.2 Å². The first-order valence-corrected chi connectivity index (χ1v) is 8.79. The highest BCUT2D eigenvalue weighted by atomic mass is 32.1. The molecule has 0 N–H and O–H groups in total. The first kappa shape index (κ1) is 17.2. The van der Waals surface area contributed by atoms with Crippen molar-refractivity contribution in [3.63, 3.8) is 0 Å². The summed E-state index contributed by atoms with van der Waals surface area (Å²) in [5.74, 6) is 0.284. The Morgan fingerprint density at radius 3 is 2.64 bits per heavy atom. The predicted molar refractivity (Wildman–Crippen MR) is 101 cm³/mol. The second-order valence-electron chi connectivity index (χ2n) is 5.68. The maximum atomic E-state index is 12.6. The van der Waals surface area contributed by atoms with Crippen LogP contribution in [0.3, 0.4) is 0 Å². The molecule has 2 aromatic carbocycles. The van der Waals surface area contributed by atoms with E-state index in [2.05, 4.69) is 6.58 Å². The summed E-state index contributed by atoms with van der Waals surface area (Å²) in [7, 11) is 0. The average Bonchev–Trinajstić information content (AvgIpc) is 2.62. The van der Waals surface area contributed by atoms with Gasteiger partial charge >= 0.3 is 5.97 Å². The molecule has 25 heavy (non-hydrogen) atoms. The van der Waals surface area contributed by atoms with Crippen molar-refractivity contribution in [3.8, 4) is 5.75 Å². The van der Waals surface area contributed by atoms with E-state index in [1.54, 1.807) is 18.3 Å². The van der Waals surface area contributed by atoms with Crippen molar-refractivity contribution in [3.05, 3.63) is 64.8 Å². The number of hydrogen-bond acceptors (Lipinski definition) is 5. The molecule has 4 nitrogen and oxygen atoms in total. The molecule has 1 aromatic heterocycles. The van der Waals surface area contributed by atoms with Crippen LogP contribution in [0.25, 0.3) is 20.2 Å². The summed E-state index contributed by atoms with van der Waals surface area (Å²) in [5, 5.41) is 1.39. The molecule has 0 bridgehead atoms. The lowest BCUT2D eigenvalue weighted by Crippen LogP contribution is -2.09. The van der Waals surface area contributed by atoms with Crippen molar-refractivity contribution in [2.45, 2.75) is 13.3 Å². The zero-order valence-electron chi connectivity index (χ0n) is 13.9. The van der Waals surface area contributed by atoms with Gasteiger partial charge < -0.3 is 9.47 Å². The molecular weight excluding hydrogens is 336 g/mol. The van der Waals surface area contributed by atoms with E-state index in [1.165, 1.54) is 0 Å². The summed E-state index contributed by atoms with van der Waals surface area (Å²) in [6, 6.07) is 13.1. The number of esters is 1. The van der Waals surface area contributed by atoms with Crippen molar-refractivity contribution < 1.29 is 14.3 Å². The van der Waals surface area contributed by atoms with Crippen LogP contribution in [-0.2, 0) is 9.53 Å². The van der Waals surface area contributed by atoms with E-state index < -0.39 is 5.97 Å². The van der Waals surface area contributed by atoms with Crippen LogP contribution < -0.4 is 10.2 Å². The van der Waals surface area contributed by atoms with Gasteiger partial charge in [0.25, 0.3) is 0 Å². The number of ether oxygens (including phenoxy) is 2. The molecule has 128 valence electrons. The quantitative estimate of drug-likeness (QED) is 0.287. The second kappa shape index (κ2) is 7.49. The molecule has 0 saturated carbocycles. The highest BCUT2D eigenvalue weighted by Gasteiger charge is 2.10. The van der Waals surface area contributed by atoms with Crippen molar-refractivity contribution in [1.82, 2.24) is 0 Å². The van der Waals surface area contributed by atoms with Crippen LogP contribution in [0.5, 0.6) is 5.75 Å². The normalized spacial score (nSPS) is 10.8. The summed E-state index contributed by atoms with van der Waals surface area (Å²) >= 11 is 1.54. The van der Waals surface area contributed by atoms with Gasteiger partial charge in [-0.3, -0.25) is 4.79 Å². The van der Waals surface area contributed by atoms with Gasteiger partial charge in [-0.15, -0.1) is 11.3 Å². The van der Waals surface area contributed by atoms with Gasteiger partial charge in [-0.05, 0) is 31.2 Å². The van der Waals surface area contributed by atoms with Gasteiger partial charge in [0.05, 0.1) is 17.9 Å². The number of fused-ring (bicyclic) bond motifs is 2. The molecule has 3 aromatic rings. The summed E-state index contributed by atoms with van der Waals surface area (Å²) in [4.78, 5) is 24.0. The molecule has 0 amide bonds. The van der Waals surface area contributed by atoms with Gasteiger partial charge in [-0.25, -0.2) is 4.79 Å². The number of rotatable bonds is 6. The number of carbonyl (C=O) groups excluding carboxylic acids is 1. The number of carbonyl (C=O) groups is 1. The largest absolute Gasteiger partial charge is 0.492 e. The number of benzene rings is 2. The lowest BCUT2D eigenvalue weighted by molar-refractivity contribution is -0.139. The van der Waals surface area contributed by atoms with E-state index in [9.17, 15) is 9.59 Å². The molecule has 0 radical (unpaired) electrons.